The van der Waals surface area contributed by atoms with Gasteiger partial charge in [0.05, 0.1) is 23.3 Å². The number of hydrogen-bond donors (Lipinski definition) is 2. The molecular weight excluding hydrogens is 328 g/mol. The Morgan fingerprint density at radius 2 is 1.71 bits per heavy atom. The van der Waals surface area contributed by atoms with Crippen molar-refractivity contribution in [3.05, 3.63) is 53.1 Å². The van der Waals surface area contributed by atoms with Crippen LogP contribution in [-0.2, 0) is 10.0 Å². The molecule has 0 aliphatic carbocycles. The number of benzene rings is 2. The monoisotopic (exact) mass is 348 g/mol. The van der Waals surface area contributed by atoms with Crippen molar-refractivity contribution in [3.8, 4) is 5.75 Å². The van der Waals surface area contributed by atoms with Gasteiger partial charge in [0.25, 0.3) is 15.9 Å². The number of para-hydroxylation sites is 1. The number of nitrogens with one attached hydrogen (secondary N) is 2. The van der Waals surface area contributed by atoms with Gasteiger partial charge in [-0.2, -0.15) is 0 Å². The molecule has 0 aromatic heterocycles. The summed E-state index contributed by atoms with van der Waals surface area (Å²) in [6, 6.07) is 9.68. The van der Waals surface area contributed by atoms with Crippen LogP contribution in [0.1, 0.15) is 21.5 Å². The second-order valence-electron chi connectivity index (χ2n) is 5.31. The summed E-state index contributed by atoms with van der Waals surface area (Å²) in [6.45, 7) is 3.66. The lowest BCUT2D eigenvalue weighted by Crippen LogP contribution is -2.20. The minimum absolute atomic E-state index is 0.00967. The van der Waals surface area contributed by atoms with Crippen molar-refractivity contribution in [1.29, 1.82) is 0 Å². The molecule has 0 aliphatic rings. The van der Waals surface area contributed by atoms with Crippen molar-refractivity contribution in [2.45, 2.75) is 18.7 Å². The second kappa shape index (κ2) is 6.92. The number of rotatable bonds is 5. The lowest BCUT2D eigenvalue weighted by molar-refractivity contribution is 0.0960. The predicted molar refractivity (Wildman–Crippen MR) is 93.1 cm³/mol. The minimum atomic E-state index is -3.83. The first-order valence-electron chi connectivity index (χ1n) is 7.29. The van der Waals surface area contributed by atoms with Crippen molar-refractivity contribution in [1.82, 2.24) is 5.32 Å². The van der Waals surface area contributed by atoms with Gasteiger partial charge in [0, 0.05) is 7.05 Å². The number of hydrogen-bond acceptors (Lipinski definition) is 4. The van der Waals surface area contributed by atoms with Crippen LogP contribution in [0.4, 0.5) is 5.69 Å². The summed E-state index contributed by atoms with van der Waals surface area (Å²) >= 11 is 0. The van der Waals surface area contributed by atoms with Gasteiger partial charge in [0.15, 0.2) is 0 Å². The van der Waals surface area contributed by atoms with Crippen LogP contribution in [-0.4, -0.2) is 28.5 Å². The van der Waals surface area contributed by atoms with Gasteiger partial charge < -0.3 is 10.1 Å². The molecule has 2 aromatic rings. The van der Waals surface area contributed by atoms with E-state index in [4.69, 9.17) is 4.74 Å². The topological polar surface area (TPSA) is 84.5 Å². The third-order valence-electron chi connectivity index (χ3n) is 3.67. The Balaban J connectivity index is 2.48. The Kier molecular flexibility index (Phi) is 5.14. The van der Waals surface area contributed by atoms with Crippen LogP contribution in [0, 0.1) is 13.8 Å². The lowest BCUT2D eigenvalue weighted by Gasteiger charge is -2.14. The number of amides is 1. The molecule has 0 spiro atoms. The molecule has 1 amide bonds. The van der Waals surface area contributed by atoms with Crippen LogP contribution in [0.25, 0.3) is 0 Å². The largest absolute Gasteiger partial charge is 0.496 e. The van der Waals surface area contributed by atoms with Gasteiger partial charge in [0.1, 0.15) is 5.75 Å². The number of anilines is 1. The van der Waals surface area contributed by atoms with E-state index in [0.717, 1.165) is 11.1 Å². The van der Waals surface area contributed by atoms with Crippen molar-refractivity contribution < 1.29 is 17.9 Å². The van der Waals surface area contributed by atoms with E-state index in [2.05, 4.69) is 10.0 Å². The van der Waals surface area contributed by atoms with Crippen LogP contribution in [0.5, 0.6) is 5.75 Å². The molecule has 0 unspecified atom stereocenters. The van der Waals surface area contributed by atoms with Gasteiger partial charge in [0.2, 0.25) is 0 Å². The maximum atomic E-state index is 12.7. The lowest BCUT2D eigenvalue weighted by atomic mass is 10.1. The van der Waals surface area contributed by atoms with E-state index in [1.807, 2.05) is 32.0 Å². The Bertz CT molecular complexity index is 856. The number of methoxy groups -OCH3 is 1. The molecule has 0 saturated heterocycles. The zero-order chi connectivity index (χ0) is 17.9. The van der Waals surface area contributed by atoms with Crippen LogP contribution in [0.3, 0.4) is 0 Å². The van der Waals surface area contributed by atoms with Gasteiger partial charge in [-0.15, -0.1) is 0 Å². The first-order chi connectivity index (χ1) is 11.3. The summed E-state index contributed by atoms with van der Waals surface area (Å²) in [5.41, 5.74) is 2.33. The molecule has 0 fully saturated rings. The summed E-state index contributed by atoms with van der Waals surface area (Å²) in [5, 5.41) is 2.47. The normalized spacial score (nSPS) is 11.0. The highest BCUT2D eigenvalue weighted by Crippen LogP contribution is 2.26. The first-order valence-corrected chi connectivity index (χ1v) is 8.77. The van der Waals surface area contributed by atoms with Crippen LogP contribution < -0.4 is 14.8 Å². The average molecular weight is 348 g/mol. The number of aryl methyl sites for hydroxylation is 2. The van der Waals surface area contributed by atoms with Gasteiger partial charge in [-0.05, 0) is 43.2 Å². The van der Waals surface area contributed by atoms with Crippen molar-refractivity contribution in [2.24, 2.45) is 0 Å². The quantitative estimate of drug-likeness (QED) is 0.869. The number of carbonyl (C=O) groups excluding carboxylic acids is 1. The predicted octanol–water partition coefficient (Wildman–Crippen LogP) is 2.47. The molecular formula is C17H20N2O4S. The molecule has 2 aromatic carbocycles. The number of carbonyl (C=O) groups is 1. The molecule has 6 nitrogen and oxygen atoms in total. The highest BCUT2D eigenvalue weighted by atomic mass is 32.2. The van der Waals surface area contributed by atoms with Crippen LogP contribution in [0.15, 0.2) is 41.3 Å². The summed E-state index contributed by atoms with van der Waals surface area (Å²) in [7, 11) is -0.941. The fraction of sp³-hybridized carbons (Fsp3) is 0.235. The van der Waals surface area contributed by atoms with Crippen molar-refractivity contribution >= 4 is 21.6 Å². The first kappa shape index (κ1) is 17.8. The van der Waals surface area contributed by atoms with E-state index in [9.17, 15) is 13.2 Å². The van der Waals surface area contributed by atoms with E-state index in [1.54, 1.807) is 0 Å². The molecule has 24 heavy (non-hydrogen) atoms. The summed E-state index contributed by atoms with van der Waals surface area (Å²) in [6.07, 6.45) is 0. The smallest absolute Gasteiger partial charge is 0.261 e. The minimum Gasteiger partial charge on any atom is -0.496 e. The molecule has 0 radical (unpaired) electrons. The third-order valence-corrected chi connectivity index (χ3v) is 5.02. The molecule has 0 bridgehead atoms. The molecule has 0 heterocycles. The van der Waals surface area contributed by atoms with E-state index < -0.39 is 15.9 Å². The van der Waals surface area contributed by atoms with E-state index in [1.165, 1.54) is 32.4 Å². The Morgan fingerprint density at radius 1 is 1.08 bits per heavy atom. The molecule has 7 heteroatoms. The molecule has 0 saturated carbocycles. The summed E-state index contributed by atoms with van der Waals surface area (Å²) in [5.74, 6) is -0.114. The second-order valence-corrected chi connectivity index (χ2v) is 7.00. The Morgan fingerprint density at radius 3 is 2.25 bits per heavy atom. The van der Waals surface area contributed by atoms with Gasteiger partial charge >= 0.3 is 0 Å². The molecule has 0 atom stereocenters. The van der Waals surface area contributed by atoms with E-state index in [-0.39, 0.29) is 10.5 Å². The number of sulfonamides is 1. The number of ether oxygens (including phenoxy) is 1. The van der Waals surface area contributed by atoms with E-state index in [0.29, 0.717) is 11.4 Å². The fourth-order valence-electron chi connectivity index (χ4n) is 2.34. The average Bonchev–Trinajstić information content (AvgIpc) is 2.57. The summed E-state index contributed by atoms with van der Waals surface area (Å²) in [4.78, 5) is 11.9. The van der Waals surface area contributed by atoms with Crippen LogP contribution in [0.2, 0.25) is 0 Å². The highest BCUT2D eigenvalue weighted by molar-refractivity contribution is 7.92. The summed E-state index contributed by atoms with van der Waals surface area (Å²) < 4.78 is 33.1. The molecule has 2 rings (SSSR count). The van der Waals surface area contributed by atoms with Gasteiger partial charge in [-0.25, -0.2) is 8.42 Å². The maximum absolute atomic E-state index is 12.7. The van der Waals surface area contributed by atoms with Gasteiger partial charge in [-0.1, -0.05) is 18.2 Å². The standard InChI is InChI=1S/C17H20N2O4S/c1-11-6-5-7-12(2)16(11)19-24(21,22)13-8-9-15(23-4)14(10-13)17(20)18-3/h5-10,19H,1-4H3,(H,18,20). The van der Waals surface area contributed by atoms with E-state index >= 15 is 0 Å². The van der Waals surface area contributed by atoms with Crippen LogP contribution >= 0.6 is 0 Å². The zero-order valence-electron chi connectivity index (χ0n) is 14.0. The fourth-order valence-corrected chi connectivity index (χ4v) is 3.56. The third kappa shape index (κ3) is 3.51. The Hall–Kier alpha value is -2.54. The van der Waals surface area contributed by atoms with Crippen molar-refractivity contribution in [2.75, 3.05) is 18.9 Å². The van der Waals surface area contributed by atoms with Gasteiger partial charge in [-0.3, -0.25) is 9.52 Å². The SMILES string of the molecule is CNC(=O)c1cc(S(=O)(=O)Nc2c(C)cccc2C)ccc1OC. The molecule has 128 valence electrons. The maximum Gasteiger partial charge on any atom is 0.261 e. The highest BCUT2D eigenvalue weighted by Gasteiger charge is 2.20. The molecule has 2 N–H and O–H groups in total. The zero-order valence-corrected chi connectivity index (χ0v) is 14.8. The molecule has 0 aliphatic heterocycles. The Labute approximate surface area is 141 Å². The van der Waals surface area contributed by atoms with Crippen molar-refractivity contribution in [3.63, 3.8) is 0 Å².